The summed E-state index contributed by atoms with van der Waals surface area (Å²) in [5, 5.41) is 0. The summed E-state index contributed by atoms with van der Waals surface area (Å²) in [5.41, 5.74) is 5.36. The van der Waals surface area contributed by atoms with E-state index in [-0.39, 0.29) is 0 Å². The molecule has 0 N–H and O–H groups in total. The summed E-state index contributed by atoms with van der Waals surface area (Å²) in [6.07, 6.45) is 0. The molecule has 4 aromatic rings. The van der Waals surface area contributed by atoms with Gasteiger partial charge in [0.15, 0.2) is 0 Å². The lowest BCUT2D eigenvalue weighted by molar-refractivity contribution is 1.04. The number of thiocarbonyl (C=S) groups is 1. The molecule has 0 aliphatic carbocycles. The molecule has 4 heteroatoms. The van der Waals surface area contributed by atoms with Gasteiger partial charge < -0.3 is 17.1 Å². The number of hydrogen-bond donors (Lipinski definition) is 0. The molecule has 186 valence electrons. The maximum absolute atomic E-state index is 6.05. The smallest absolute Gasteiger partial charge is 0.0568 e. The third kappa shape index (κ3) is 6.00. The first-order valence-electron chi connectivity index (χ1n) is 12.2. The largest absolute Gasteiger partial charge is 0.660 e. The molecule has 0 amide bonds. The highest BCUT2D eigenvalue weighted by molar-refractivity contribution is 8.45. The number of nitrogens with zero attached hydrogens (tertiary/aromatic N) is 1. The van der Waals surface area contributed by atoms with Crippen molar-refractivity contribution in [1.29, 1.82) is 0 Å². The van der Waals surface area contributed by atoms with Crippen LogP contribution < -0.4 is 0 Å². The Hall–Kier alpha value is -2.66. The van der Waals surface area contributed by atoms with E-state index >= 15 is 0 Å². The van der Waals surface area contributed by atoms with Gasteiger partial charge >= 0.3 is 0 Å². The predicted octanol–water partition coefficient (Wildman–Crippen LogP) is 8.39. The molecule has 0 saturated heterocycles. The first kappa shape index (κ1) is 26.4. The zero-order chi connectivity index (χ0) is 25.5. The second-order valence-corrected chi connectivity index (χ2v) is 16.0. The summed E-state index contributed by atoms with van der Waals surface area (Å²) in [6, 6.07) is 43.7. The quantitative estimate of drug-likeness (QED) is 0.167. The molecule has 36 heavy (non-hydrogen) atoms. The fraction of sp³-hybridized carbons (Fsp3) is 0.188. The Kier molecular flexibility index (Phi) is 8.50. The van der Waals surface area contributed by atoms with Gasteiger partial charge in [-0.3, -0.25) is 0 Å². The van der Waals surface area contributed by atoms with Crippen molar-refractivity contribution in [2.45, 2.75) is 36.9 Å². The van der Waals surface area contributed by atoms with Crippen molar-refractivity contribution in [3.63, 3.8) is 0 Å². The number of hydrogen-bond acceptors (Lipinski definition) is 2. The van der Waals surface area contributed by atoms with Gasteiger partial charge in [0.2, 0.25) is 0 Å². The first-order chi connectivity index (χ1) is 17.4. The lowest BCUT2D eigenvalue weighted by atomic mass is 10.2. The Morgan fingerprint density at radius 3 is 1.03 bits per heavy atom. The van der Waals surface area contributed by atoms with Gasteiger partial charge in [-0.2, -0.15) is 0 Å². The lowest BCUT2D eigenvalue weighted by Gasteiger charge is -2.57. The van der Waals surface area contributed by atoms with Gasteiger partial charge in [-0.05, 0) is 36.1 Å². The molecule has 0 aromatic heterocycles. The van der Waals surface area contributed by atoms with E-state index in [1.165, 1.54) is 27.2 Å². The van der Waals surface area contributed by atoms with Crippen LogP contribution in [-0.2, 0) is 35.8 Å². The zero-order valence-electron chi connectivity index (χ0n) is 21.0. The van der Waals surface area contributed by atoms with Crippen molar-refractivity contribution in [1.82, 2.24) is 4.31 Å². The van der Waals surface area contributed by atoms with Crippen LogP contribution >= 0.6 is 21.0 Å². The second kappa shape index (κ2) is 11.6. The number of rotatable bonds is 8. The molecule has 0 atom stereocenters. The van der Waals surface area contributed by atoms with Gasteiger partial charge in [0.25, 0.3) is 0 Å². The number of benzene rings is 4. The fourth-order valence-electron chi connectivity index (χ4n) is 5.22. The van der Waals surface area contributed by atoms with Gasteiger partial charge in [-0.25, -0.2) is 8.75 Å². The molecule has 0 aliphatic rings. The molecule has 1 nitrogen and oxygen atoms in total. The molecular formula is C32H34NS3-. The summed E-state index contributed by atoms with van der Waals surface area (Å²) in [4.78, 5) is 1.96. The average Bonchev–Trinajstić information content (AvgIpc) is 2.90. The first-order valence-corrected chi connectivity index (χ1v) is 15.7. The minimum Gasteiger partial charge on any atom is -0.660 e. The third-order valence-corrected chi connectivity index (χ3v) is 14.1. The van der Waals surface area contributed by atoms with Crippen molar-refractivity contribution < 1.29 is 0 Å². The Bertz CT molecular complexity index is 1160. The highest BCUT2D eigenvalue weighted by Gasteiger charge is 2.38. The van der Waals surface area contributed by atoms with Crippen molar-refractivity contribution >= 4 is 43.8 Å². The monoisotopic (exact) mass is 528 g/mol. The molecule has 0 radical (unpaired) electrons. The standard InChI is InChI=1S/C32H34NS3/c1-27(34)33(35)28(2)36(23-29-15-7-3-8-16-29,24-30-17-9-4-10-18-30,25-31-19-11-5-12-20-31)26-32-21-13-6-14-22-32/h3-22H,23-26H2,1-2H3/q-1. The SMILES string of the molecule is CC(=S)N([S-])C(C)=S(Cc1ccccc1)(Cc1ccccc1)(Cc1ccccc1)Cc1ccccc1. The summed E-state index contributed by atoms with van der Waals surface area (Å²) in [5.74, 6) is 3.77. The van der Waals surface area contributed by atoms with Crippen molar-refractivity contribution in [2.75, 3.05) is 0 Å². The highest BCUT2D eigenvalue weighted by Crippen LogP contribution is 2.70. The van der Waals surface area contributed by atoms with Crippen LogP contribution in [0.5, 0.6) is 0 Å². The van der Waals surface area contributed by atoms with E-state index in [0.717, 1.165) is 28.0 Å². The molecule has 0 aliphatic heterocycles. The van der Waals surface area contributed by atoms with Crippen LogP contribution in [0.3, 0.4) is 0 Å². The molecule has 0 bridgehead atoms. The molecular weight excluding hydrogens is 495 g/mol. The maximum Gasteiger partial charge on any atom is 0.0568 e. The van der Waals surface area contributed by atoms with Crippen molar-refractivity contribution in [3.05, 3.63) is 144 Å². The second-order valence-electron chi connectivity index (χ2n) is 9.65. The van der Waals surface area contributed by atoms with E-state index in [1.807, 2.05) is 11.2 Å². The van der Waals surface area contributed by atoms with Gasteiger partial charge in [0, 0.05) is 28.0 Å². The van der Waals surface area contributed by atoms with E-state index in [2.05, 4.69) is 128 Å². The molecule has 0 spiro atoms. The fourth-order valence-corrected chi connectivity index (χ4v) is 12.4. The summed E-state index contributed by atoms with van der Waals surface area (Å²) >= 11 is 11.7. The van der Waals surface area contributed by atoms with E-state index in [4.69, 9.17) is 25.0 Å². The van der Waals surface area contributed by atoms with Crippen LogP contribution in [-0.4, -0.2) is 14.3 Å². The average molecular weight is 529 g/mol. The summed E-state index contributed by atoms with van der Waals surface area (Å²) in [7, 11) is -2.55. The molecule has 4 rings (SSSR count). The molecule has 4 aromatic carbocycles. The summed E-state index contributed by atoms with van der Waals surface area (Å²) in [6.45, 7) is 4.20. The zero-order valence-corrected chi connectivity index (χ0v) is 23.5. The maximum atomic E-state index is 6.05. The Morgan fingerprint density at radius 2 is 0.806 bits per heavy atom. The van der Waals surface area contributed by atoms with Gasteiger partial charge in [0.1, 0.15) is 0 Å². The van der Waals surface area contributed by atoms with Crippen LogP contribution in [0, 0.1) is 0 Å². The van der Waals surface area contributed by atoms with Gasteiger partial charge in [-0.1, -0.05) is 134 Å². The van der Waals surface area contributed by atoms with E-state index in [0.29, 0.717) is 0 Å². The van der Waals surface area contributed by atoms with Crippen molar-refractivity contribution in [2.24, 2.45) is 0 Å². The van der Waals surface area contributed by atoms with E-state index < -0.39 is 8.75 Å². The van der Waals surface area contributed by atoms with Crippen LogP contribution in [0.2, 0.25) is 0 Å². The Balaban J connectivity index is 2.11. The summed E-state index contributed by atoms with van der Waals surface area (Å²) < 4.78 is 1.88. The minimum atomic E-state index is -2.55. The third-order valence-electron chi connectivity index (χ3n) is 6.96. The highest BCUT2D eigenvalue weighted by atomic mass is 32.3. The van der Waals surface area contributed by atoms with E-state index in [9.17, 15) is 0 Å². The minimum absolute atomic E-state index is 0.729. The topological polar surface area (TPSA) is 3.24 Å². The van der Waals surface area contributed by atoms with Crippen LogP contribution in [0.4, 0.5) is 0 Å². The van der Waals surface area contributed by atoms with Crippen LogP contribution in [0.15, 0.2) is 121 Å². The Morgan fingerprint density at radius 1 is 0.556 bits per heavy atom. The normalized spacial score (nSPS) is 12.4. The Labute approximate surface area is 227 Å². The molecule has 0 fully saturated rings. The molecule has 0 unspecified atom stereocenters. The van der Waals surface area contributed by atoms with Crippen LogP contribution in [0.1, 0.15) is 36.1 Å². The van der Waals surface area contributed by atoms with Gasteiger partial charge in [0.05, 0.1) is 4.99 Å². The van der Waals surface area contributed by atoms with Crippen molar-refractivity contribution in [3.8, 4) is 0 Å². The molecule has 0 saturated carbocycles. The predicted molar refractivity (Wildman–Crippen MR) is 166 cm³/mol. The van der Waals surface area contributed by atoms with E-state index in [1.54, 1.807) is 0 Å². The lowest BCUT2D eigenvalue weighted by Crippen LogP contribution is -2.36. The molecule has 0 heterocycles. The van der Waals surface area contributed by atoms with Gasteiger partial charge in [-0.15, -0.1) is 0 Å². The van der Waals surface area contributed by atoms with Crippen LogP contribution in [0.25, 0.3) is 0 Å².